The van der Waals surface area contributed by atoms with E-state index in [-0.39, 0.29) is 0 Å². The number of nitrogens with two attached hydrogens (primary N) is 1. The van der Waals surface area contributed by atoms with Crippen molar-refractivity contribution in [3.8, 4) is 5.75 Å². The second kappa shape index (κ2) is 6.18. The van der Waals surface area contributed by atoms with Crippen LogP contribution in [0.25, 0.3) is 0 Å². The van der Waals surface area contributed by atoms with Crippen molar-refractivity contribution in [2.24, 2.45) is 5.92 Å². The first-order chi connectivity index (χ1) is 9.11. The lowest BCUT2D eigenvalue weighted by atomic mass is 9.91. The molecule has 2 unspecified atom stereocenters. The van der Waals surface area contributed by atoms with E-state index in [1.165, 1.54) is 18.5 Å². The average Bonchev–Trinajstić information content (AvgIpc) is 2.39. The van der Waals surface area contributed by atoms with Crippen LogP contribution in [0.1, 0.15) is 40.0 Å². The lowest BCUT2D eigenvalue weighted by Crippen LogP contribution is -2.42. The van der Waals surface area contributed by atoms with Crippen molar-refractivity contribution in [2.45, 2.75) is 46.1 Å². The number of piperidine rings is 1. The first-order valence-electron chi connectivity index (χ1n) is 7.41. The van der Waals surface area contributed by atoms with Crippen LogP contribution in [0.15, 0.2) is 18.2 Å². The molecule has 3 nitrogen and oxygen atoms in total. The van der Waals surface area contributed by atoms with Crippen molar-refractivity contribution in [3.05, 3.63) is 18.2 Å². The summed E-state index contributed by atoms with van der Waals surface area (Å²) in [5.74, 6) is 1.62. The van der Waals surface area contributed by atoms with Gasteiger partial charge >= 0.3 is 0 Å². The molecule has 0 saturated carbocycles. The Morgan fingerprint density at radius 2 is 2.11 bits per heavy atom. The van der Waals surface area contributed by atoms with Crippen LogP contribution < -0.4 is 15.4 Å². The standard InChI is InChI=1S/C16H26N2O/c1-4-8-19-16-10-14(17)9-15(11-16)18-7-5-6-12(2)13(18)3/h9-13H,4-8,17H2,1-3H3. The molecule has 0 radical (unpaired) electrons. The number of ether oxygens (including phenoxy) is 1. The van der Waals surface area contributed by atoms with Gasteiger partial charge < -0.3 is 15.4 Å². The summed E-state index contributed by atoms with van der Waals surface area (Å²) < 4.78 is 5.72. The third kappa shape index (κ3) is 3.34. The van der Waals surface area contributed by atoms with Gasteiger partial charge in [-0.15, -0.1) is 0 Å². The highest BCUT2D eigenvalue weighted by atomic mass is 16.5. The molecule has 3 heteroatoms. The number of hydrogen-bond donors (Lipinski definition) is 1. The van der Waals surface area contributed by atoms with Gasteiger partial charge in [-0.1, -0.05) is 13.8 Å². The van der Waals surface area contributed by atoms with Crippen molar-refractivity contribution >= 4 is 11.4 Å². The van der Waals surface area contributed by atoms with Crippen LogP contribution in [0.4, 0.5) is 11.4 Å². The van der Waals surface area contributed by atoms with Crippen LogP contribution in [0.3, 0.4) is 0 Å². The quantitative estimate of drug-likeness (QED) is 0.841. The molecule has 2 atom stereocenters. The summed E-state index contributed by atoms with van der Waals surface area (Å²) >= 11 is 0. The fourth-order valence-corrected chi connectivity index (χ4v) is 2.77. The Hall–Kier alpha value is -1.38. The van der Waals surface area contributed by atoms with E-state index in [1.807, 2.05) is 6.07 Å². The molecular weight excluding hydrogens is 236 g/mol. The van der Waals surface area contributed by atoms with Gasteiger partial charge in [-0.3, -0.25) is 0 Å². The molecule has 0 amide bonds. The zero-order chi connectivity index (χ0) is 13.8. The molecule has 1 aliphatic rings. The topological polar surface area (TPSA) is 38.5 Å². The maximum atomic E-state index is 6.01. The van der Waals surface area contributed by atoms with Gasteiger partial charge in [-0.2, -0.15) is 0 Å². The molecule has 0 aliphatic carbocycles. The maximum absolute atomic E-state index is 6.01. The molecule has 0 bridgehead atoms. The molecule has 0 aromatic heterocycles. The lowest BCUT2D eigenvalue weighted by molar-refractivity contribution is 0.317. The number of benzene rings is 1. The Kier molecular flexibility index (Phi) is 4.56. The van der Waals surface area contributed by atoms with Gasteiger partial charge in [-0.05, 0) is 38.2 Å². The Bertz CT molecular complexity index is 419. The molecule has 2 rings (SSSR count). The van der Waals surface area contributed by atoms with Gasteiger partial charge in [0, 0.05) is 36.1 Å². The Balaban J connectivity index is 2.20. The number of rotatable bonds is 4. The van der Waals surface area contributed by atoms with Crippen molar-refractivity contribution in [2.75, 3.05) is 23.8 Å². The Labute approximate surface area is 116 Å². The van der Waals surface area contributed by atoms with Gasteiger partial charge in [0.05, 0.1) is 6.61 Å². The third-order valence-electron chi connectivity index (χ3n) is 4.09. The van der Waals surface area contributed by atoms with Crippen LogP contribution in [-0.4, -0.2) is 19.2 Å². The molecule has 1 heterocycles. The predicted molar refractivity (Wildman–Crippen MR) is 81.8 cm³/mol. The summed E-state index contributed by atoms with van der Waals surface area (Å²) in [5.41, 5.74) is 8.00. The Morgan fingerprint density at radius 3 is 2.84 bits per heavy atom. The summed E-state index contributed by atoms with van der Waals surface area (Å²) in [6.45, 7) is 8.61. The van der Waals surface area contributed by atoms with Gasteiger partial charge in [0.1, 0.15) is 5.75 Å². The van der Waals surface area contributed by atoms with E-state index in [1.54, 1.807) is 0 Å². The smallest absolute Gasteiger partial charge is 0.123 e. The summed E-state index contributed by atoms with van der Waals surface area (Å²) in [5, 5.41) is 0. The summed E-state index contributed by atoms with van der Waals surface area (Å²) in [7, 11) is 0. The molecule has 1 aromatic carbocycles. The summed E-state index contributed by atoms with van der Waals surface area (Å²) in [4.78, 5) is 2.46. The first kappa shape index (κ1) is 14.0. The minimum atomic E-state index is 0.564. The predicted octanol–water partition coefficient (Wildman–Crippen LogP) is 3.68. The van der Waals surface area contributed by atoms with Gasteiger partial charge in [0.2, 0.25) is 0 Å². The van der Waals surface area contributed by atoms with E-state index in [4.69, 9.17) is 10.5 Å². The van der Waals surface area contributed by atoms with Crippen molar-refractivity contribution in [1.82, 2.24) is 0 Å². The van der Waals surface area contributed by atoms with Crippen LogP contribution in [0.5, 0.6) is 5.75 Å². The highest BCUT2D eigenvalue weighted by Crippen LogP contribution is 2.32. The largest absolute Gasteiger partial charge is 0.493 e. The zero-order valence-electron chi connectivity index (χ0n) is 12.4. The maximum Gasteiger partial charge on any atom is 0.123 e. The lowest BCUT2D eigenvalue weighted by Gasteiger charge is -2.39. The molecule has 2 N–H and O–H groups in total. The third-order valence-corrected chi connectivity index (χ3v) is 4.09. The van der Waals surface area contributed by atoms with Crippen LogP contribution in [-0.2, 0) is 0 Å². The van der Waals surface area contributed by atoms with E-state index in [9.17, 15) is 0 Å². The van der Waals surface area contributed by atoms with Crippen LogP contribution in [0, 0.1) is 5.92 Å². The monoisotopic (exact) mass is 262 g/mol. The number of hydrogen-bond acceptors (Lipinski definition) is 3. The van der Waals surface area contributed by atoms with E-state index in [2.05, 4.69) is 37.8 Å². The highest BCUT2D eigenvalue weighted by Gasteiger charge is 2.25. The summed E-state index contributed by atoms with van der Waals surface area (Å²) in [6.07, 6.45) is 3.59. The van der Waals surface area contributed by atoms with E-state index in [0.717, 1.165) is 36.9 Å². The van der Waals surface area contributed by atoms with Gasteiger partial charge in [0.25, 0.3) is 0 Å². The fraction of sp³-hybridized carbons (Fsp3) is 0.625. The highest BCUT2D eigenvalue weighted by molar-refractivity contribution is 5.61. The molecular formula is C16H26N2O. The summed E-state index contributed by atoms with van der Waals surface area (Å²) in [6, 6.07) is 6.67. The zero-order valence-corrected chi connectivity index (χ0v) is 12.4. The van der Waals surface area contributed by atoms with E-state index < -0.39 is 0 Å². The second-order valence-corrected chi connectivity index (χ2v) is 5.66. The normalized spacial score (nSPS) is 23.4. The molecule has 1 aromatic rings. The number of nitrogens with zero attached hydrogens (tertiary/aromatic N) is 1. The first-order valence-corrected chi connectivity index (χ1v) is 7.41. The fourth-order valence-electron chi connectivity index (χ4n) is 2.77. The van der Waals surface area contributed by atoms with Gasteiger partial charge in [-0.25, -0.2) is 0 Å². The molecule has 1 fully saturated rings. The van der Waals surface area contributed by atoms with Crippen LogP contribution >= 0.6 is 0 Å². The SMILES string of the molecule is CCCOc1cc(N)cc(N2CCCC(C)C2C)c1. The number of anilines is 2. The molecule has 1 saturated heterocycles. The Morgan fingerprint density at radius 1 is 1.32 bits per heavy atom. The second-order valence-electron chi connectivity index (χ2n) is 5.66. The molecule has 0 spiro atoms. The molecule has 19 heavy (non-hydrogen) atoms. The van der Waals surface area contributed by atoms with Crippen molar-refractivity contribution < 1.29 is 4.74 Å². The van der Waals surface area contributed by atoms with E-state index in [0.29, 0.717) is 6.04 Å². The number of nitrogen functional groups attached to an aromatic ring is 1. The minimum Gasteiger partial charge on any atom is -0.493 e. The van der Waals surface area contributed by atoms with Crippen LogP contribution in [0.2, 0.25) is 0 Å². The van der Waals surface area contributed by atoms with Crippen molar-refractivity contribution in [1.29, 1.82) is 0 Å². The molecule has 106 valence electrons. The average molecular weight is 262 g/mol. The van der Waals surface area contributed by atoms with E-state index >= 15 is 0 Å². The van der Waals surface area contributed by atoms with Gasteiger partial charge in [0.15, 0.2) is 0 Å². The molecule has 1 aliphatic heterocycles. The minimum absolute atomic E-state index is 0.564. The van der Waals surface area contributed by atoms with Crippen molar-refractivity contribution in [3.63, 3.8) is 0 Å².